The van der Waals surface area contributed by atoms with Crippen LogP contribution in [0.15, 0.2) is 48.5 Å². The van der Waals surface area contributed by atoms with Gasteiger partial charge < -0.3 is 25.0 Å². The van der Waals surface area contributed by atoms with Crippen molar-refractivity contribution in [1.29, 1.82) is 0 Å². The number of nitrogens with zero attached hydrogens (tertiary/aromatic N) is 1. The van der Waals surface area contributed by atoms with Gasteiger partial charge in [0, 0.05) is 32.1 Å². The van der Waals surface area contributed by atoms with Gasteiger partial charge in [-0.25, -0.2) is 4.79 Å². The largest absolute Gasteiger partial charge is 0.493 e. The molecular formula is C26H35N3O4. The van der Waals surface area contributed by atoms with Gasteiger partial charge >= 0.3 is 6.03 Å². The van der Waals surface area contributed by atoms with Crippen LogP contribution in [-0.2, 0) is 11.3 Å². The summed E-state index contributed by atoms with van der Waals surface area (Å²) in [5, 5.41) is 6.05. The first-order valence-electron chi connectivity index (χ1n) is 11.6. The van der Waals surface area contributed by atoms with E-state index in [0.717, 1.165) is 24.0 Å². The van der Waals surface area contributed by atoms with Gasteiger partial charge in [0.2, 0.25) is 5.91 Å². The summed E-state index contributed by atoms with van der Waals surface area (Å²) in [7, 11) is 3.21. The Balaban J connectivity index is 1.76. The average Bonchev–Trinajstić information content (AvgIpc) is 2.87. The number of carbonyl (C=O) groups excluding carboxylic acids is 2. The van der Waals surface area contributed by atoms with Crippen LogP contribution in [0, 0.1) is 5.92 Å². The fraction of sp³-hybridized carbons (Fsp3) is 0.462. The average molecular weight is 454 g/mol. The molecule has 2 aromatic carbocycles. The van der Waals surface area contributed by atoms with E-state index in [4.69, 9.17) is 9.47 Å². The van der Waals surface area contributed by atoms with E-state index in [-0.39, 0.29) is 23.8 Å². The molecule has 2 atom stereocenters. The van der Waals surface area contributed by atoms with E-state index in [1.807, 2.05) is 48.5 Å². The van der Waals surface area contributed by atoms with E-state index in [2.05, 4.69) is 17.6 Å². The lowest BCUT2D eigenvalue weighted by molar-refractivity contribution is -0.126. The summed E-state index contributed by atoms with van der Waals surface area (Å²) >= 11 is 0. The summed E-state index contributed by atoms with van der Waals surface area (Å²) in [5.74, 6) is 0.990. The minimum absolute atomic E-state index is 0.0166. The Labute approximate surface area is 196 Å². The summed E-state index contributed by atoms with van der Waals surface area (Å²) in [5.41, 5.74) is 2.08. The number of hydrogen-bond acceptors (Lipinski definition) is 4. The van der Waals surface area contributed by atoms with Gasteiger partial charge in [-0.05, 0) is 36.1 Å². The van der Waals surface area contributed by atoms with Crippen LogP contribution in [0.1, 0.15) is 43.2 Å². The number of carbonyl (C=O) groups is 2. The first-order chi connectivity index (χ1) is 16.0. The molecule has 1 aliphatic rings. The lowest BCUT2D eigenvalue weighted by Gasteiger charge is -2.37. The number of ether oxygens (including phenoxy) is 2. The number of nitrogens with one attached hydrogen (secondary N) is 2. The molecule has 3 rings (SSSR count). The molecule has 178 valence electrons. The highest BCUT2D eigenvalue weighted by molar-refractivity contribution is 5.81. The van der Waals surface area contributed by atoms with Crippen molar-refractivity contribution in [3.63, 3.8) is 0 Å². The maximum absolute atomic E-state index is 13.1. The van der Waals surface area contributed by atoms with Gasteiger partial charge in [0.25, 0.3) is 0 Å². The summed E-state index contributed by atoms with van der Waals surface area (Å²) in [6, 6.07) is 15.5. The summed E-state index contributed by atoms with van der Waals surface area (Å²) < 4.78 is 10.8. The van der Waals surface area contributed by atoms with Crippen LogP contribution in [0.25, 0.3) is 0 Å². The van der Waals surface area contributed by atoms with Crippen molar-refractivity contribution < 1.29 is 19.1 Å². The van der Waals surface area contributed by atoms with Crippen LogP contribution in [0.4, 0.5) is 4.79 Å². The number of urea groups is 1. The standard InChI is InChI=1S/C26H35N3O4/c1-4-5-13-27-26(31)29-17-21(20-11-12-23(32-2)24(15-20)33-3)14-22(18-29)25(30)28-16-19-9-7-6-8-10-19/h6-12,15,21-22H,4-5,13-14,16-18H2,1-3H3,(H,27,31)(H,28,30)/t21-,22+/m1/s1. The molecule has 0 spiro atoms. The van der Waals surface area contributed by atoms with Crippen LogP contribution in [0.2, 0.25) is 0 Å². The maximum atomic E-state index is 13.1. The molecule has 1 aliphatic heterocycles. The minimum Gasteiger partial charge on any atom is -0.493 e. The third-order valence-electron chi connectivity index (χ3n) is 6.10. The molecule has 0 radical (unpaired) electrons. The number of methoxy groups -OCH3 is 2. The molecule has 0 unspecified atom stereocenters. The minimum atomic E-state index is -0.294. The molecule has 0 aromatic heterocycles. The van der Waals surface area contributed by atoms with E-state index >= 15 is 0 Å². The van der Waals surface area contributed by atoms with Crippen molar-refractivity contribution in [3.05, 3.63) is 59.7 Å². The second kappa shape index (κ2) is 12.1. The first-order valence-corrected chi connectivity index (χ1v) is 11.6. The van der Waals surface area contributed by atoms with Gasteiger partial charge in [-0.15, -0.1) is 0 Å². The second-order valence-corrected chi connectivity index (χ2v) is 8.44. The first kappa shape index (κ1) is 24.4. The Kier molecular flexibility index (Phi) is 8.98. The monoisotopic (exact) mass is 453 g/mol. The van der Waals surface area contributed by atoms with Crippen LogP contribution < -0.4 is 20.1 Å². The summed E-state index contributed by atoms with van der Waals surface area (Å²) in [6.45, 7) is 4.16. The van der Waals surface area contributed by atoms with Gasteiger partial charge in [-0.2, -0.15) is 0 Å². The Morgan fingerprint density at radius 2 is 1.76 bits per heavy atom. The molecule has 1 heterocycles. The Morgan fingerprint density at radius 1 is 1.00 bits per heavy atom. The van der Waals surface area contributed by atoms with Gasteiger partial charge in [0.15, 0.2) is 11.5 Å². The van der Waals surface area contributed by atoms with Crippen LogP contribution in [0.5, 0.6) is 11.5 Å². The molecule has 0 saturated carbocycles. The zero-order chi connectivity index (χ0) is 23.6. The van der Waals surface area contributed by atoms with Gasteiger partial charge in [0.05, 0.1) is 20.1 Å². The van der Waals surface area contributed by atoms with Crippen LogP contribution in [-0.4, -0.2) is 50.7 Å². The molecule has 1 saturated heterocycles. The molecular weight excluding hydrogens is 418 g/mol. The molecule has 2 aromatic rings. The third-order valence-corrected chi connectivity index (χ3v) is 6.10. The molecule has 3 amide bonds. The zero-order valence-corrected chi connectivity index (χ0v) is 19.8. The molecule has 33 heavy (non-hydrogen) atoms. The van der Waals surface area contributed by atoms with E-state index in [9.17, 15) is 9.59 Å². The van der Waals surface area contributed by atoms with Crippen molar-refractivity contribution in [1.82, 2.24) is 15.5 Å². The fourth-order valence-electron chi connectivity index (χ4n) is 4.22. The van der Waals surface area contributed by atoms with E-state index in [1.165, 1.54) is 0 Å². The predicted octanol–water partition coefficient (Wildman–Crippen LogP) is 3.94. The third kappa shape index (κ3) is 6.63. The highest BCUT2D eigenvalue weighted by Gasteiger charge is 2.34. The highest BCUT2D eigenvalue weighted by atomic mass is 16.5. The maximum Gasteiger partial charge on any atom is 0.317 e. The van der Waals surface area contributed by atoms with E-state index < -0.39 is 0 Å². The molecule has 7 nitrogen and oxygen atoms in total. The fourth-order valence-corrected chi connectivity index (χ4v) is 4.22. The normalized spacial score (nSPS) is 17.8. The predicted molar refractivity (Wildman–Crippen MR) is 129 cm³/mol. The highest BCUT2D eigenvalue weighted by Crippen LogP contribution is 2.35. The van der Waals surface area contributed by atoms with Crippen LogP contribution in [0.3, 0.4) is 0 Å². The second-order valence-electron chi connectivity index (χ2n) is 8.44. The summed E-state index contributed by atoms with van der Waals surface area (Å²) in [4.78, 5) is 27.7. The van der Waals surface area contributed by atoms with E-state index in [1.54, 1.807) is 19.1 Å². The van der Waals surface area contributed by atoms with Gasteiger partial charge in [0.1, 0.15) is 0 Å². The number of hydrogen-bond donors (Lipinski definition) is 2. The Hall–Kier alpha value is -3.22. The lowest BCUT2D eigenvalue weighted by atomic mass is 9.84. The molecule has 0 aliphatic carbocycles. The van der Waals surface area contributed by atoms with Crippen molar-refractivity contribution in [2.75, 3.05) is 33.9 Å². The van der Waals surface area contributed by atoms with Crippen molar-refractivity contribution in [2.24, 2.45) is 5.92 Å². The molecule has 1 fully saturated rings. The summed E-state index contributed by atoms with van der Waals surface area (Å²) in [6.07, 6.45) is 2.60. The van der Waals surface area contributed by atoms with E-state index in [0.29, 0.717) is 44.1 Å². The SMILES string of the molecule is CCCCNC(=O)N1C[C@@H](C(=O)NCc2ccccc2)C[C@@H](c2ccc(OC)c(OC)c2)C1. The van der Waals surface area contributed by atoms with Gasteiger partial charge in [-0.3, -0.25) is 4.79 Å². The Morgan fingerprint density at radius 3 is 2.45 bits per heavy atom. The zero-order valence-electron chi connectivity index (χ0n) is 19.8. The number of unbranched alkanes of at least 4 members (excludes halogenated alkanes) is 1. The molecule has 7 heteroatoms. The number of likely N-dealkylation sites (tertiary alicyclic amines) is 1. The van der Waals surface area contributed by atoms with Crippen molar-refractivity contribution in [3.8, 4) is 11.5 Å². The van der Waals surface area contributed by atoms with Gasteiger partial charge in [-0.1, -0.05) is 49.7 Å². The topological polar surface area (TPSA) is 79.9 Å². The number of benzene rings is 2. The molecule has 0 bridgehead atoms. The molecule has 2 N–H and O–H groups in total. The smallest absolute Gasteiger partial charge is 0.317 e. The Bertz CT molecular complexity index is 919. The van der Waals surface area contributed by atoms with Crippen molar-refractivity contribution >= 4 is 11.9 Å². The van der Waals surface area contributed by atoms with Crippen molar-refractivity contribution in [2.45, 2.75) is 38.6 Å². The lowest BCUT2D eigenvalue weighted by Crippen LogP contribution is -2.51. The number of piperidine rings is 1. The number of rotatable bonds is 9. The quantitative estimate of drug-likeness (QED) is 0.564. The number of amides is 3. The van der Waals surface area contributed by atoms with Crippen LogP contribution >= 0.6 is 0 Å².